The number of carbonyl (C=O) groups is 2. The van der Waals surface area contributed by atoms with Gasteiger partial charge in [-0.25, -0.2) is 0 Å². The average molecular weight is 354 g/mol. The average Bonchev–Trinajstić information content (AvgIpc) is 2.80. The third-order valence-corrected chi connectivity index (χ3v) is 3.97. The standard InChI is InChI=1S/C15H20BrN3O2/c1-18(2)7-6-17-15(21)11-8-14(20)19(10-11)13-5-3-4-12(16)9-13/h3-5,9,11H,6-8,10H2,1-2H3,(H,17,21). The summed E-state index contributed by atoms with van der Waals surface area (Å²) in [6, 6.07) is 7.58. The summed E-state index contributed by atoms with van der Waals surface area (Å²) in [6.45, 7) is 1.85. The van der Waals surface area contributed by atoms with Crippen LogP contribution < -0.4 is 10.2 Å². The zero-order chi connectivity index (χ0) is 15.4. The lowest BCUT2D eigenvalue weighted by Gasteiger charge is -2.17. The van der Waals surface area contributed by atoms with Crippen LogP contribution in [0, 0.1) is 5.92 Å². The number of carbonyl (C=O) groups excluding carboxylic acids is 2. The van der Waals surface area contributed by atoms with E-state index in [9.17, 15) is 9.59 Å². The van der Waals surface area contributed by atoms with Crippen molar-refractivity contribution >= 4 is 33.4 Å². The van der Waals surface area contributed by atoms with Crippen molar-refractivity contribution in [2.24, 2.45) is 5.92 Å². The summed E-state index contributed by atoms with van der Waals surface area (Å²) >= 11 is 3.40. The van der Waals surface area contributed by atoms with E-state index in [-0.39, 0.29) is 24.2 Å². The van der Waals surface area contributed by atoms with E-state index in [4.69, 9.17) is 0 Å². The molecular formula is C15H20BrN3O2. The predicted octanol–water partition coefficient (Wildman–Crippen LogP) is 1.48. The van der Waals surface area contributed by atoms with Crippen LogP contribution in [0.1, 0.15) is 6.42 Å². The van der Waals surface area contributed by atoms with Crippen LogP contribution in [0.25, 0.3) is 0 Å². The van der Waals surface area contributed by atoms with Gasteiger partial charge in [-0.1, -0.05) is 22.0 Å². The highest BCUT2D eigenvalue weighted by atomic mass is 79.9. The van der Waals surface area contributed by atoms with Crippen LogP contribution in [0.2, 0.25) is 0 Å². The lowest BCUT2D eigenvalue weighted by molar-refractivity contribution is -0.126. The minimum absolute atomic E-state index is 0.000796. The number of likely N-dealkylation sites (N-methyl/N-ethyl adjacent to an activating group) is 1. The first-order valence-corrected chi connectivity index (χ1v) is 7.75. The van der Waals surface area contributed by atoms with Crippen LogP contribution in [0.5, 0.6) is 0 Å². The van der Waals surface area contributed by atoms with E-state index in [1.807, 2.05) is 43.3 Å². The fourth-order valence-corrected chi connectivity index (χ4v) is 2.71. The molecule has 1 aliphatic rings. The predicted molar refractivity (Wildman–Crippen MR) is 86.2 cm³/mol. The topological polar surface area (TPSA) is 52.7 Å². The number of amides is 2. The molecule has 21 heavy (non-hydrogen) atoms. The van der Waals surface area contributed by atoms with Gasteiger partial charge in [-0.15, -0.1) is 0 Å². The van der Waals surface area contributed by atoms with Crippen LogP contribution in [0.15, 0.2) is 28.7 Å². The fraction of sp³-hybridized carbons (Fsp3) is 0.467. The normalized spacial score (nSPS) is 18.4. The lowest BCUT2D eigenvalue weighted by Crippen LogP contribution is -2.36. The van der Waals surface area contributed by atoms with Gasteiger partial charge >= 0.3 is 0 Å². The molecule has 0 saturated carbocycles. The molecule has 1 N–H and O–H groups in total. The van der Waals surface area contributed by atoms with E-state index in [1.165, 1.54) is 0 Å². The van der Waals surface area contributed by atoms with Crippen LogP contribution in [0.4, 0.5) is 5.69 Å². The molecule has 1 saturated heterocycles. The van der Waals surface area contributed by atoms with Crippen LogP contribution >= 0.6 is 15.9 Å². The van der Waals surface area contributed by atoms with Crippen molar-refractivity contribution in [3.8, 4) is 0 Å². The van der Waals surface area contributed by atoms with Crippen molar-refractivity contribution in [2.75, 3.05) is 38.6 Å². The number of hydrogen-bond donors (Lipinski definition) is 1. The van der Waals surface area contributed by atoms with Gasteiger partial charge in [-0.2, -0.15) is 0 Å². The Balaban J connectivity index is 1.94. The molecule has 6 heteroatoms. The summed E-state index contributed by atoms with van der Waals surface area (Å²) in [4.78, 5) is 27.9. The summed E-state index contributed by atoms with van der Waals surface area (Å²) in [5.74, 6) is -0.304. The molecule has 2 rings (SSSR count). The Hall–Kier alpha value is -1.40. The molecule has 0 bridgehead atoms. The number of hydrogen-bond acceptors (Lipinski definition) is 3. The van der Waals surface area contributed by atoms with Gasteiger partial charge in [-0.05, 0) is 32.3 Å². The zero-order valence-electron chi connectivity index (χ0n) is 12.3. The van der Waals surface area contributed by atoms with Gasteiger partial charge in [0.05, 0.1) is 5.92 Å². The van der Waals surface area contributed by atoms with Crippen molar-refractivity contribution in [3.63, 3.8) is 0 Å². The van der Waals surface area contributed by atoms with E-state index in [0.717, 1.165) is 16.7 Å². The molecule has 2 amide bonds. The molecule has 1 aliphatic heterocycles. The molecule has 114 valence electrons. The summed E-state index contributed by atoms with van der Waals surface area (Å²) in [7, 11) is 3.92. The number of nitrogens with one attached hydrogen (secondary N) is 1. The van der Waals surface area contributed by atoms with Gasteiger partial charge in [0.25, 0.3) is 0 Å². The maximum Gasteiger partial charge on any atom is 0.227 e. The van der Waals surface area contributed by atoms with Crippen LogP contribution in [-0.2, 0) is 9.59 Å². The second-order valence-electron chi connectivity index (χ2n) is 5.48. The molecular weight excluding hydrogens is 334 g/mol. The molecule has 1 aromatic rings. The maximum atomic E-state index is 12.1. The second-order valence-corrected chi connectivity index (χ2v) is 6.40. The Morgan fingerprint density at radius 2 is 2.24 bits per heavy atom. The van der Waals surface area contributed by atoms with Gasteiger partial charge in [0.1, 0.15) is 0 Å². The Labute approximate surface area is 133 Å². The minimum Gasteiger partial charge on any atom is -0.355 e. The van der Waals surface area contributed by atoms with E-state index in [0.29, 0.717) is 13.1 Å². The molecule has 1 heterocycles. The fourth-order valence-electron chi connectivity index (χ4n) is 2.32. The molecule has 0 aliphatic carbocycles. The van der Waals surface area contributed by atoms with Crippen molar-refractivity contribution in [3.05, 3.63) is 28.7 Å². The largest absolute Gasteiger partial charge is 0.355 e. The van der Waals surface area contributed by atoms with Crippen LogP contribution in [-0.4, -0.2) is 50.4 Å². The van der Waals surface area contributed by atoms with E-state index in [2.05, 4.69) is 21.2 Å². The van der Waals surface area contributed by atoms with E-state index < -0.39 is 0 Å². The first-order valence-electron chi connectivity index (χ1n) is 6.95. The molecule has 1 unspecified atom stereocenters. The minimum atomic E-state index is -0.265. The van der Waals surface area contributed by atoms with Crippen molar-refractivity contribution in [2.45, 2.75) is 6.42 Å². The summed E-state index contributed by atoms with van der Waals surface area (Å²) in [5.41, 5.74) is 0.831. The first kappa shape index (κ1) is 16.0. The lowest BCUT2D eigenvalue weighted by atomic mass is 10.1. The number of halogens is 1. The van der Waals surface area contributed by atoms with Gasteiger partial charge in [0, 0.05) is 36.2 Å². The molecule has 1 atom stereocenters. The smallest absolute Gasteiger partial charge is 0.227 e. The highest BCUT2D eigenvalue weighted by Gasteiger charge is 2.34. The Kier molecular flexibility index (Phi) is 5.36. The molecule has 0 spiro atoms. The number of nitrogens with zero attached hydrogens (tertiary/aromatic N) is 2. The molecule has 1 aromatic carbocycles. The number of benzene rings is 1. The maximum absolute atomic E-state index is 12.1. The Morgan fingerprint density at radius 3 is 2.90 bits per heavy atom. The Bertz CT molecular complexity index is 533. The molecule has 0 aromatic heterocycles. The summed E-state index contributed by atoms with van der Waals surface area (Å²) < 4.78 is 0.923. The van der Waals surface area contributed by atoms with Gasteiger partial charge < -0.3 is 15.1 Å². The van der Waals surface area contributed by atoms with Gasteiger partial charge in [0.15, 0.2) is 0 Å². The quantitative estimate of drug-likeness (QED) is 0.872. The second kappa shape index (κ2) is 7.04. The highest BCUT2D eigenvalue weighted by Crippen LogP contribution is 2.27. The first-order chi connectivity index (χ1) is 9.97. The SMILES string of the molecule is CN(C)CCNC(=O)C1CC(=O)N(c2cccc(Br)c2)C1. The van der Waals surface area contributed by atoms with Crippen LogP contribution in [0.3, 0.4) is 0 Å². The Morgan fingerprint density at radius 1 is 1.48 bits per heavy atom. The van der Waals surface area contributed by atoms with Gasteiger partial charge in [-0.3, -0.25) is 9.59 Å². The monoisotopic (exact) mass is 353 g/mol. The van der Waals surface area contributed by atoms with Crippen molar-refractivity contribution in [1.29, 1.82) is 0 Å². The summed E-state index contributed by atoms with van der Waals surface area (Å²) in [5, 5.41) is 2.89. The summed E-state index contributed by atoms with van der Waals surface area (Å²) in [6.07, 6.45) is 0.278. The zero-order valence-corrected chi connectivity index (χ0v) is 13.9. The highest BCUT2D eigenvalue weighted by molar-refractivity contribution is 9.10. The molecule has 0 radical (unpaired) electrons. The van der Waals surface area contributed by atoms with Gasteiger partial charge in [0.2, 0.25) is 11.8 Å². The third-order valence-electron chi connectivity index (χ3n) is 3.47. The molecule has 1 fully saturated rings. The van der Waals surface area contributed by atoms with E-state index in [1.54, 1.807) is 4.90 Å². The van der Waals surface area contributed by atoms with Crippen molar-refractivity contribution in [1.82, 2.24) is 10.2 Å². The van der Waals surface area contributed by atoms with Crippen molar-refractivity contribution < 1.29 is 9.59 Å². The third kappa shape index (κ3) is 4.28. The number of anilines is 1. The van der Waals surface area contributed by atoms with E-state index >= 15 is 0 Å². The number of rotatable bonds is 5. The molecule has 5 nitrogen and oxygen atoms in total.